The number of aromatic hydroxyl groups is 1. The van der Waals surface area contributed by atoms with Gasteiger partial charge in [-0.3, -0.25) is 14.5 Å². The lowest BCUT2D eigenvalue weighted by molar-refractivity contribution is 0.0684. The molecule has 1 atom stereocenters. The van der Waals surface area contributed by atoms with Gasteiger partial charge in [-0.1, -0.05) is 41.0 Å². The van der Waals surface area contributed by atoms with E-state index in [-0.39, 0.29) is 50.6 Å². The summed E-state index contributed by atoms with van der Waals surface area (Å²) in [6.45, 7) is 2.61. The van der Waals surface area contributed by atoms with E-state index in [0.29, 0.717) is 35.5 Å². The molecule has 0 spiro atoms. The number of halogens is 5. The van der Waals surface area contributed by atoms with Gasteiger partial charge in [-0.25, -0.2) is 4.79 Å². The fourth-order valence-corrected chi connectivity index (χ4v) is 7.87. The topological polar surface area (TPSA) is 121 Å². The van der Waals surface area contributed by atoms with Crippen LogP contribution in [0, 0.1) is 18.3 Å². The number of aromatic amines is 1. The summed E-state index contributed by atoms with van der Waals surface area (Å²) >= 11 is 18.7. The van der Waals surface area contributed by atoms with Crippen molar-refractivity contribution < 1.29 is 23.5 Å². The van der Waals surface area contributed by atoms with Crippen LogP contribution in [0.1, 0.15) is 64.5 Å². The number of nitrogens with zero attached hydrogens (tertiary/aromatic N) is 4. The van der Waals surface area contributed by atoms with E-state index < -0.39 is 34.1 Å². The molecule has 3 aliphatic rings. The molecule has 1 aliphatic carbocycles. The minimum atomic E-state index is -3.96. The summed E-state index contributed by atoms with van der Waals surface area (Å²) in [5.41, 5.74) is -0.747. The van der Waals surface area contributed by atoms with E-state index in [1.54, 1.807) is 19.1 Å². The maximum Gasteiger partial charge on any atom is 0.362 e. The Morgan fingerprint density at radius 1 is 1.20 bits per heavy atom. The first-order chi connectivity index (χ1) is 21.8. The molecule has 46 heavy (non-hydrogen) atoms. The Kier molecular flexibility index (Phi) is 8.65. The fourth-order valence-electron chi connectivity index (χ4n) is 6.13. The Balaban J connectivity index is 1.42. The van der Waals surface area contributed by atoms with Crippen LogP contribution in [0.3, 0.4) is 0 Å². The summed E-state index contributed by atoms with van der Waals surface area (Å²) in [5.74, 6) is -0.986. The molecule has 2 N–H and O–H groups in total. The Morgan fingerprint density at radius 2 is 1.89 bits per heavy atom. The summed E-state index contributed by atoms with van der Waals surface area (Å²) in [6, 6.07) is 8.33. The van der Waals surface area contributed by atoms with Crippen LogP contribution < -0.4 is 10.5 Å². The molecular weight excluding hydrogens is 683 g/mol. The standard InChI is InChI=1S/C31H26Cl3F2N5O4S/c1-15-24-16(12-21(26(15)42)40-11-3-10-39(30(40)45)17-6-7-17)14-41(20(24)8-9-37)29(44)25-22(13-23(31(34,35)36)38-28(25)43)46-27-18(32)4-2-5-19(27)33/h2,4-5,12-13,17,20,42H,3,6-8,10-11,14H2,1H3,(H,38,43)/t20-/m1/s1. The molecule has 0 radical (unpaired) electrons. The number of hydrogen-bond acceptors (Lipinski definition) is 6. The van der Waals surface area contributed by atoms with Crippen molar-refractivity contribution in [2.75, 3.05) is 18.0 Å². The highest BCUT2D eigenvalue weighted by Crippen LogP contribution is 2.48. The van der Waals surface area contributed by atoms with E-state index in [0.717, 1.165) is 37.1 Å². The lowest BCUT2D eigenvalue weighted by atomic mass is 9.95. The van der Waals surface area contributed by atoms with Gasteiger partial charge in [-0.2, -0.15) is 14.0 Å². The monoisotopic (exact) mass is 707 g/mol. The number of aromatic nitrogens is 1. The zero-order chi connectivity index (χ0) is 33.1. The average molecular weight is 709 g/mol. The summed E-state index contributed by atoms with van der Waals surface area (Å²) < 4.78 is 28.4. The van der Waals surface area contributed by atoms with E-state index >= 15 is 0 Å². The number of nitrogens with one attached hydrogen (secondary N) is 1. The average Bonchev–Trinajstić information content (AvgIpc) is 3.77. The first-order valence-electron chi connectivity index (χ1n) is 14.4. The van der Waals surface area contributed by atoms with Gasteiger partial charge in [0.1, 0.15) is 17.0 Å². The number of nitriles is 1. The summed E-state index contributed by atoms with van der Waals surface area (Å²) in [5, 5.41) is 17.5. The third-order valence-electron chi connectivity index (χ3n) is 8.44. The van der Waals surface area contributed by atoms with Crippen molar-refractivity contribution in [1.29, 1.82) is 5.26 Å². The number of carbonyl (C=O) groups excluding carboxylic acids is 2. The molecule has 9 nitrogen and oxygen atoms in total. The molecule has 15 heteroatoms. The fraction of sp³-hybridized carbons (Fsp3) is 0.355. The predicted molar refractivity (Wildman–Crippen MR) is 170 cm³/mol. The van der Waals surface area contributed by atoms with Crippen LogP contribution in [-0.4, -0.2) is 51.0 Å². The Labute approximate surface area is 281 Å². The van der Waals surface area contributed by atoms with E-state index in [2.05, 4.69) is 6.07 Å². The number of fused-ring (bicyclic) bond motifs is 1. The molecule has 6 rings (SSSR count). The number of phenols is 1. The predicted octanol–water partition coefficient (Wildman–Crippen LogP) is 7.54. The number of alkyl halides is 3. The molecule has 0 bridgehead atoms. The maximum absolute atomic E-state index is 14.3. The van der Waals surface area contributed by atoms with Crippen LogP contribution in [0.4, 0.5) is 19.3 Å². The molecule has 3 heterocycles. The summed E-state index contributed by atoms with van der Waals surface area (Å²) in [6.07, 6.45) is 2.40. The SMILES string of the molecule is Cc1c(O)c(N2CCCN(C3CC3)C2=O)cc2c1[C@@H](CC#N)N(C(=O)c1c(Sc3c(Cl)cccc3Cl)cc(C(F)(F)Cl)[nH]c1=O)C2. The maximum atomic E-state index is 14.3. The first kappa shape index (κ1) is 32.4. The van der Waals surface area contributed by atoms with Crippen molar-refractivity contribution in [2.24, 2.45) is 0 Å². The van der Waals surface area contributed by atoms with Crippen LogP contribution in [-0.2, 0) is 11.9 Å². The van der Waals surface area contributed by atoms with Gasteiger partial charge in [-0.15, -0.1) is 0 Å². The van der Waals surface area contributed by atoms with Gasteiger partial charge in [0.05, 0.1) is 34.3 Å². The van der Waals surface area contributed by atoms with E-state index in [4.69, 9.17) is 34.8 Å². The third kappa shape index (κ3) is 5.79. The molecule has 1 saturated carbocycles. The lowest BCUT2D eigenvalue weighted by Crippen LogP contribution is -2.50. The molecular formula is C31H26Cl3F2N5O4S. The van der Waals surface area contributed by atoms with Crippen molar-refractivity contribution in [3.8, 4) is 11.8 Å². The number of anilines is 1. The van der Waals surface area contributed by atoms with Crippen LogP contribution in [0.2, 0.25) is 10.0 Å². The molecule has 2 aliphatic heterocycles. The second-order valence-corrected chi connectivity index (χ2v) is 13.7. The Bertz CT molecular complexity index is 1850. The molecule has 3 amide bonds. The van der Waals surface area contributed by atoms with Crippen molar-refractivity contribution in [2.45, 2.75) is 66.4 Å². The molecule has 1 saturated heterocycles. The van der Waals surface area contributed by atoms with Crippen molar-refractivity contribution in [1.82, 2.24) is 14.8 Å². The van der Waals surface area contributed by atoms with Crippen LogP contribution >= 0.6 is 46.6 Å². The lowest BCUT2D eigenvalue weighted by Gasteiger charge is -2.36. The smallest absolute Gasteiger partial charge is 0.362 e. The van der Waals surface area contributed by atoms with E-state index in [9.17, 15) is 33.5 Å². The quantitative estimate of drug-likeness (QED) is 0.245. The van der Waals surface area contributed by atoms with Crippen LogP contribution in [0.25, 0.3) is 0 Å². The van der Waals surface area contributed by atoms with Gasteiger partial charge in [0, 0.05) is 35.5 Å². The van der Waals surface area contributed by atoms with E-state index in [1.807, 2.05) is 9.88 Å². The largest absolute Gasteiger partial charge is 0.505 e. The molecule has 2 fully saturated rings. The number of benzene rings is 2. The second-order valence-electron chi connectivity index (χ2n) is 11.4. The second kappa shape index (κ2) is 12.3. The molecule has 3 aromatic rings. The number of phenolic OH excluding ortho intramolecular Hbond substituents is 1. The van der Waals surface area contributed by atoms with E-state index in [1.165, 1.54) is 21.9 Å². The molecule has 1 aromatic heterocycles. The highest BCUT2D eigenvalue weighted by atomic mass is 35.5. The van der Waals surface area contributed by atoms with Crippen LogP contribution in [0.5, 0.6) is 5.75 Å². The van der Waals surface area contributed by atoms with Gasteiger partial charge in [-0.05, 0) is 78.7 Å². The number of H-pyrrole nitrogens is 1. The molecule has 0 unspecified atom stereocenters. The number of hydrogen-bond donors (Lipinski definition) is 2. The third-order valence-corrected chi connectivity index (χ3v) is 10.7. The highest BCUT2D eigenvalue weighted by molar-refractivity contribution is 7.99. The van der Waals surface area contributed by atoms with Gasteiger partial charge >= 0.3 is 11.4 Å². The zero-order valence-electron chi connectivity index (χ0n) is 24.3. The minimum absolute atomic E-state index is 0.0766. The number of carbonyl (C=O) groups is 2. The van der Waals surface area contributed by atoms with Gasteiger partial charge in [0.25, 0.3) is 11.5 Å². The first-order valence-corrected chi connectivity index (χ1v) is 16.3. The molecule has 240 valence electrons. The molecule has 2 aromatic carbocycles. The zero-order valence-corrected chi connectivity index (χ0v) is 27.3. The van der Waals surface area contributed by atoms with Crippen molar-refractivity contribution in [3.05, 3.63) is 78.7 Å². The minimum Gasteiger partial charge on any atom is -0.505 e. The normalized spacial score (nSPS) is 18.2. The van der Waals surface area contributed by atoms with Gasteiger partial charge < -0.3 is 19.9 Å². The summed E-state index contributed by atoms with van der Waals surface area (Å²) in [4.78, 5) is 47.8. The Hall–Kier alpha value is -3.50. The number of pyridine rings is 1. The van der Waals surface area contributed by atoms with Gasteiger partial charge in [0.15, 0.2) is 0 Å². The highest BCUT2D eigenvalue weighted by Gasteiger charge is 2.42. The Morgan fingerprint density at radius 3 is 2.52 bits per heavy atom. The summed E-state index contributed by atoms with van der Waals surface area (Å²) in [7, 11) is 0. The number of urea groups is 1. The number of rotatable bonds is 7. The van der Waals surface area contributed by atoms with Gasteiger partial charge in [0.2, 0.25) is 0 Å². The van der Waals surface area contributed by atoms with Crippen molar-refractivity contribution >= 4 is 64.2 Å². The number of amides is 3. The van der Waals surface area contributed by atoms with Crippen LogP contribution in [0.15, 0.2) is 44.9 Å². The van der Waals surface area contributed by atoms with Crippen molar-refractivity contribution in [3.63, 3.8) is 0 Å².